The molecule has 0 aromatic rings. The second-order valence-electron chi connectivity index (χ2n) is 2.92. The van der Waals surface area contributed by atoms with Crippen molar-refractivity contribution in [2.75, 3.05) is 6.61 Å². The molecule has 0 atom stereocenters. The Kier molecular flexibility index (Phi) is 6.20. The highest BCUT2D eigenvalue weighted by atomic mass is 19.1. The zero-order chi connectivity index (χ0) is 10.3. The molecule has 0 radical (unpaired) electrons. The van der Waals surface area contributed by atoms with Gasteiger partial charge in [-0.3, -0.25) is 0 Å². The van der Waals surface area contributed by atoms with E-state index < -0.39 is 11.8 Å². The summed E-state index contributed by atoms with van der Waals surface area (Å²) in [5.74, 6) is -1.56. The maximum Gasteiger partial charge on any atom is 0.367 e. The number of unbranched alkanes of at least 4 members (excludes halogenated alkanes) is 1. The maximum absolute atomic E-state index is 13.1. The minimum absolute atomic E-state index is 0.216. The van der Waals surface area contributed by atoms with Crippen molar-refractivity contribution in [3.8, 4) is 0 Å². The Morgan fingerprint density at radius 1 is 1.38 bits per heavy atom. The van der Waals surface area contributed by atoms with E-state index >= 15 is 0 Å². The number of carbonyl (C=O) groups is 1. The largest absolute Gasteiger partial charge is 0.461 e. The highest BCUT2D eigenvalue weighted by Gasteiger charge is 2.12. The number of rotatable bonds is 5. The highest BCUT2D eigenvalue weighted by molar-refractivity contribution is 5.86. The number of hydrogen-bond acceptors (Lipinski definition) is 2. The zero-order valence-corrected chi connectivity index (χ0v) is 8.52. The smallest absolute Gasteiger partial charge is 0.367 e. The molecule has 0 unspecified atom stereocenters. The van der Waals surface area contributed by atoms with E-state index in [1.807, 2.05) is 6.92 Å². The molecule has 76 valence electrons. The minimum atomic E-state index is -0.837. The Morgan fingerprint density at radius 2 is 2.00 bits per heavy atom. The van der Waals surface area contributed by atoms with Crippen LogP contribution in [0.3, 0.4) is 0 Å². The van der Waals surface area contributed by atoms with Crippen LogP contribution >= 0.6 is 0 Å². The lowest BCUT2D eigenvalue weighted by Gasteiger charge is -2.03. The molecule has 3 heteroatoms. The third-order valence-corrected chi connectivity index (χ3v) is 1.73. The Balaban J connectivity index is 4.15. The van der Waals surface area contributed by atoms with E-state index in [1.54, 1.807) is 13.8 Å². The van der Waals surface area contributed by atoms with Gasteiger partial charge in [0.25, 0.3) is 0 Å². The van der Waals surface area contributed by atoms with E-state index in [1.165, 1.54) is 0 Å². The summed E-state index contributed by atoms with van der Waals surface area (Å²) in [6, 6.07) is 0. The fraction of sp³-hybridized carbons (Fsp3) is 0.700. The van der Waals surface area contributed by atoms with Crippen LogP contribution in [0.15, 0.2) is 11.4 Å². The molecule has 0 amide bonds. The molecule has 0 fully saturated rings. The van der Waals surface area contributed by atoms with Crippen molar-refractivity contribution >= 4 is 5.97 Å². The summed E-state index contributed by atoms with van der Waals surface area (Å²) in [4.78, 5) is 10.9. The summed E-state index contributed by atoms with van der Waals surface area (Å²) >= 11 is 0. The minimum Gasteiger partial charge on any atom is -0.461 e. The fourth-order valence-corrected chi connectivity index (χ4v) is 0.920. The molecule has 2 nitrogen and oxygen atoms in total. The third-order valence-electron chi connectivity index (χ3n) is 1.73. The van der Waals surface area contributed by atoms with Gasteiger partial charge in [-0.1, -0.05) is 13.3 Å². The zero-order valence-electron chi connectivity index (χ0n) is 8.52. The summed E-state index contributed by atoms with van der Waals surface area (Å²) in [5.41, 5.74) is 0.486. The molecule has 13 heavy (non-hydrogen) atoms. The van der Waals surface area contributed by atoms with Crippen LogP contribution in [0.5, 0.6) is 0 Å². The summed E-state index contributed by atoms with van der Waals surface area (Å²) < 4.78 is 17.6. The quantitative estimate of drug-likeness (QED) is 0.489. The number of ether oxygens (including phenoxy) is 1. The van der Waals surface area contributed by atoms with Crippen LogP contribution in [0.2, 0.25) is 0 Å². The van der Waals surface area contributed by atoms with Crippen molar-refractivity contribution < 1.29 is 13.9 Å². The molecule has 0 aromatic carbocycles. The van der Waals surface area contributed by atoms with Gasteiger partial charge < -0.3 is 4.74 Å². The average molecular weight is 188 g/mol. The first-order valence-corrected chi connectivity index (χ1v) is 4.65. The number of allylic oxidation sites excluding steroid dienone is 1. The normalized spacial score (nSPS) is 12.3. The van der Waals surface area contributed by atoms with Crippen molar-refractivity contribution in [3.63, 3.8) is 0 Å². The maximum atomic E-state index is 13.1. The van der Waals surface area contributed by atoms with Crippen LogP contribution in [-0.4, -0.2) is 12.6 Å². The predicted octanol–water partition coefficient (Wildman–Crippen LogP) is 2.98. The Labute approximate surface area is 78.8 Å². The molecular formula is C10H17FO2. The van der Waals surface area contributed by atoms with Gasteiger partial charge in [0.2, 0.25) is 5.83 Å². The summed E-state index contributed by atoms with van der Waals surface area (Å²) in [6.07, 6.45) is 2.52. The molecule has 0 bridgehead atoms. The molecule has 0 spiro atoms. The van der Waals surface area contributed by atoms with Gasteiger partial charge in [-0.15, -0.1) is 0 Å². The van der Waals surface area contributed by atoms with Gasteiger partial charge in [0.1, 0.15) is 0 Å². The third kappa shape index (κ3) is 4.65. The second kappa shape index (κ2) is 6.63. The van der Waals surface area contributed by atoms with Gasteiger partial charge in [-0.25, -0.2) is 4.79 Å². The van der Waals surface area contributed by atoms with Gasteiger partial charge in [-0.05, 0) is 32.3 Å². The molecule has 0 saturated carbocycles. The molecule has 0 aliphatic carbocycles. The van der Waals surface area contributed by atoms with Crippen molar-refractivity contribution in [2.24, 2.45) is 0 Å². The van der Waals surface area contributed by atoms with E-state index in [0.717, 1.165) is 12.8 Å². The van der Waals surface area contributed by atoms with Gasteiger partial charge >= 0.3 is 5.97 Å². The molecule has 0 heterocycles. The molecule has 0 aromatic heterocycles. The van der Waals surface area contributed by atoms with Crippen molar-refractivity contribution in [1.29, 1.82) is 0 Å². The first kappa shape index (κ1) is 12.1. The Bertz CT molecular complexity index is 197. The lowest BCUT2D eigenvalue weighted by atomic mass is 10.1. The van der Waals surface area contributed by atoms with Crippen LogP contribution in [0.4, 0.5) is 4.39 Å². The standard InChI is InChI=1S/C10H17FO2/c1-4-6-7-8(3)9(11)10(12)13-5-2/h4-7H2,1-3H3/b9-8-. The van der Waals surface area contributed by atoms with Crippen molar-refractivity contribution in [1.82, 2.24) is 0 Å². The lowest BCUT2D eigenvalue weighted by molar-refractivity contribution is -0.140. The Hall–Kier alpha value is -0.860. The van der Waals surface area contributed by atoms with Crippen molar-refractivity contribution in [3.05, 3.63) is 11.4 Å². The summed E-state index contributed by atoms with van der Waals surface area (Å²) in [7, 11) is 0. The van der Waals surface area contributed by atoms with Crippen LogP contribution in [-0.2, 0) is 9.53 Å². The first-order chi connectivity index (χ1) is 6.13. The van der Waals surface area contributed by atoms with Crippen LogP contribution < -0.4 is 0 Å². The summed E-state index contributed by atoms with van der Waals surface area (Å²) in [5, 5.41) is 0. The van der Waals surface area contributed by atoms with E-state index in [-0.39, 0.29) is 6.61 Å². The van der Waals surface area contributed by atoms with Gasteiger partial charge in [0, 0.05) is 0 Å². The van der Waals surface area contributed by atoms with Crippen LogP contribution in [0.25, 0.3) is 0 Å². The summed E-state index contributed by atoms with van der Waals surface area (Å²) in [6.45, 7) is 5.53. The van der Waals surface area contributed by atoms with E-state index in [0.29, 0.717) is 12.0 Å². The van der Waals surface area contributed by atoms with Crippen LogP contribution in [0, 0.1) is 0 Å². The molecule has 0 rings (SSSR count). The fourth-order valence-electron chi connectivity index (χ4n) is 0.920. The second-order valence-corrected chi connectivity index (χ2v) is 2.92. The van der Waals surface area contributed by atoms with Crippen LogP contribution in [0.1, 0.15) is 40.0 Å². The predicted molar refractivity (Wildman–Crippen MR) is 50.0 cm³/mol. The average Bonchev–Trinajstić information content (AvgIpc) is 2.13. The first-order valence-electron chi connectivity index (χ1n) is 4.65. The SMILES string of the molecule is CCCC/C(C)=C(\F)C(=O)OCC. The molecule has 0 N–H and O–H groups in total. The monoisotopic (exact) mass is 188 g/mol. The number of halogens is 1. The van der Waals surface area contributed by atoms with E-state index in [9.17, 15) is 9.18 Å². The van der Waals surface area contributed by atoms with Gasteiger partial charge in [0.05, 0.1) is 6.61 Å². The highest BCUT2D eigenvalue weighted by Crippen LogP contribution is 2.14. The number of esters is 1. The Morgan fingerprint density at radius 3 is 2.46 bits per heavy atom. The molecule has 0 saturated heterocycles. The topological polar surface area (TPSA) is 26.3 Å². The number of carbonyl (C=O) groups excluding carboxylic acids is 1. The molecule has 0 aliphatic heterocycles. The number of hydrogen-bond donors (Lipinski definition) is 0. The lowest BCUT2D eigenvalue weighted by Crippen LogP contribution is -2.06. The van der Waals surface area contributed by atoms with E-state index in [4.69, 9.17) is 0 Å². The molecule has 0 aliphatic rings. The molecular weight excluding hydrogens is 171 g/mol. The van der Waals surface area contributed by atoms with Gasteiger partial charge in [0.15, 0.2) is 0 Å². The van der Waals surface area contributed by atoms with Gasteiger partial charge in [-0.2, -0.15) is 4.39 Å². The van der Waals surface area contributed by atoms with E-state index in [2.05, 4.69) is 4.74 Å². The van der Waals surface area contributed by atoms with Crippen molar-refractivity contribution in [2.45, 2.75) is 40.0 Å².